The van der Waals surface area contributed by atoms with Crippen LogP contribution in [0.3, 0.4) is 0 Å². The van der Waals surface area contributed by atoms with Crippen LogP contribution in [0.15, 0.2) is 30.3 Å². The molecule has 3 heteroatoms. The molecule has 1 aliphatic rings. The van der Waals surface area contributed by atoms with Crippen LogP contribution in [0.4, 0.5) is 0 Å². The first-order valence-electron chi connectivity index (χ1n) is 5.66. The molecule has 1 aliphatic heterocycles. The maximum atomic E-state index is 5.70. The number of hydrogen-bond donors (Lipinski definition) is 0. The molecule has 86 valence electrons. The van der Waals surface area contributed by atoms with Crippen LogP contribution < -0.4 is 0 Å². The predicted octanol–water partition coefficient (Wildman–Crippen LogP) is 2.47. The lowest BCUT2D eigenvalue weighted by Gasteiger charge is -2.37. The first-order valence-corrected chi connectivity index (χ1v) is 6.07. The SMILES string of the molecule is C[C@H]1CN(C(=S)c2ccccc2)C[C@H](C)O1. The zero-order chi connectivity index (χ0) is 11.5. The fourth-order valence-corrected chi connectivity index (χ4v) is 2.39. The number of thiocarbonyl (C=S) groups is 1. The molecule has 1 heterocycles. The minimum Gasteiger partial charge on any atom is -0.372 e. The standard InChI is InChI=1S/C13H17NOS/c1-10-8-14(9-11(2)15-10)13(16)12-6-4-3-5-7-12/h3-7,10-11H,8-9H2,1-2H3/t10-,11-/m0/s1. The van der Waals surface area contributed by atoms with Gasteiger partial charge in [-0.1, -0.05) is 42.5 Å². The van der Waals surface area contributed by atoms with Crippen molar-refractivity contribution in [1.29, 1.82) is 0 Å². The molecule has 0 aliphatic carbocycles. The molecule has 2 rings (SSSR count). The monoisotopic (exact) mass is 235 g/mol. The first kappa shape index (κ1) is 11.6. The summed E-state index contributed by atoms with van der Waals surface area (Å²) in [5.41, 5.74) is 1.12. The molecule has 2 nitrogen and oxygen atoms in total. The summed E-state index contributed by atoms with van der Waals surface area (Å²) in [6.45, 7) is 5.96. The van der Waals surface area contributed by atoms with Crippen LogP contribution in [0.2, 0.25) is 0 Å². The van der Waals surface area contributed by atoms with Crippen molar-refractivity contribution >= 4 is 17.2 Å². The van der Waals surface area contributed by atoms with Gasteiger partial charge in [0.05, 0.1) is 12.2 Å². The summed E-state index contributed by atoms with van der Waals surface area (Å²) in [4.78, 5) is 3.17. The molecule has 1 fully saturated rings. The molecule has 0 amide bonds. The molecule has 0 aromatic heterocycles. The van der Waals surface area contributed by atoms with Crippen molar-refractivity contribution < 1.29 is 4.74 Å². The smallest absolute Gasteiger partial charge is 0.109 e. The molecular formula is C13H17NOS. The number of nitrogens with zero attached hydrogens (tertiary/aromatic N) is 1. The molecule has 0 radical (unpaired) electrons. The number of benzene rings is 1. The van der Waals surface area contributed by atoms with Crippen LogP contribution in [0.25, 0.3) is 0 Å². The van der Waals surface area contributed by atoms with E-state index in [-0.39, 0.29) is 12.2 Å². The van der Waals surface area contributed by atoms with Crippen molar-refractivity contribution in [2.75, 3.05) is 13.1 Å². The van der Waals surface area contributed by atoms with Crippen molar-refractivity contribution in [3.05, 3.63) is 35.9 Å². The van der Waals surface area contributed by atoms with Crippen molar-refractivity contribution in [1.82, 2.24) is 4.90 Å². The molecule has 0 bridgehead atoms. The lowest BCUT2D eigenvalue weighted by Crippen LogP contribution is -2.47. The Kier molecular flexibility index (Phi) is 3.56. The molecule has 1 aromatic rings. The first-order chi connectivity index (χ1) is 7.66. The highest BCUT2D eigenvalue weighted by Gasteiger charge is 2.24. The van der Waals surface area contributed by atoms with Crippen molar-refractivity contribution in [3.63, 3.8) is 0 Å². The van der Waals surface area contributed by atoms with Gasteiger partial charge in [-0.05, 0) is 13.8 Å². The van der Waals surface area contributed by atoms with Crippen molar-refractivity contribution in [2.45, 2.75) is 26.1 Å². The van der Waals surface area contributed by atoms with Gasteiger partial charge in [0.25, 0.3) is 0 Å². The molecule has 1 saturated heterocycles. The summed E-state index contributed by atoms with van der Waals surface area (Å²) in [5.74, 6) is 0. The Bertz CT molecular complexity index is 355. The van der Waals surface area contributed by atoms with Crippen LogP contribution >= 0.6 is 12.2 Å². The molecular weight excluding hydrogens is 218 g/mol. The Morgan fingerprint density at radius 3 is 2.31 bits per heavy atom. The molecule has 0 N–H and O–H groups in total. The van der Waals surface area contributed by atoms with Crippen LogP contribution in [0.1, 0.15) is 19.4 Å². The fraction of sp³-hybridized carbons (Fsp3) is 0.462. The van der Waals surface area contributed by atoms with E-state index in [0.717, 1.165) is 23.6 Å². The normalized spacial score (nSPS) is 25.5. The van der Waals surface area contributed by atoms with E-state index in [2.05, 4.69) is 30.9 Å². The Hall–Kier alpha value is -0.930. The van der Waals surface area contributed by atoms with Gasteiger partial charge in [-0.25, -0.2) is 0 Å². The molecule has 1 aromatic carbocycles. The van der Waals surface area contributed by atoms with E-state index in [0.29, 0.717) is 0 Å². The maximum absolute atomic E-state index is 5.70. The van der Waals surface area contributed by atoms with E-state index in [4.69, 9.17) is 17.0 Å². The largest absolute Gasteiger partial charge is 0.372 e. The minimum atomic E-state index is 0.255. The molecule has 2 atom stereocenters. The van der Waals surface area contributed by atoms with E-state index >= 15 is 0 Å². The van der Waals surface area contributed by atoms with Gasteiger partial charge in [0, 0.05) is 18.7 Å². The van der Waals surface area contributed by atoms with Gasteiger partial charge in [-0.15, -0.1) is 0 Å². The van der Waals surface area contributed by atoms with Gasteiger partial charge in [0.15, 0.2) is 0 Å². The van der Waals surface area contributed by atoms with Crippen molar-refractivity contribution in [2.24, 2.45) is 0 Å². The summed E-state index contributed by atoms with van der Waals surface area (Å²) in [6, 6.07) is 10.2. The Morgan fingerprint density at radius 1 is 1.19 bits per heavy atom. The van der Waals surface area contributed by atoms with E-state index in [1.807, 2.05) is 18.2 Å². The van der Waals surface area contributed by atoms with E-state index < -0.39 is 0 Å². The van der Waals surface area contributed by atoms with Gasteiger partial charge in [0.2, 0.25) is 0 Å². The Balaban J connectivity index is 2.10. The summed E-state index contributed by atoms with van der Waals surface area (Å²) in [6.07, 6.45) is 0.510. The van der Waals surface area contributed by atoms with Crippen molar-refractivity contribution in [3.8, 4) is 0 Å². The number of ether oxygens (including phenoxy) is 1. The quantitative estimate of drug-likeness (QED) is 0.694. The number of morpholine rings is 1. The van der Waals surface area contributed by atoms with Gasteiger partial charge in [-0.3, -0.25) is 0 Å². The molecule has 0 spiro atoms. The predicted molar refractivity (Wildman–Crippen MR) is 69.7 cm³/mol. The van der Waals surface area contributed by atoms with E-state index in [1.165, 1.54) is 0 Å². The van der Waals surface area contributed by atoms with Crippen LogP contribution in [0.5, 0.6) is 0 Å². The Labute approximate surface area is 102 Å². The van der Waals surface area contributed by atoms with Gasteiger partial charge in [0.1, 0.15) is 4.99 Å². The Morgan fingerprint density at radius 2 is 1.75 bits per heavy atom. The van der Waals surface area contributed by atoms with Crippen LogP contribution in [0, 0.1) is 0 Å². The second-order valence-electron chi connectivity index (χ2n) is 4.33. The lowest BCUT2D eigenvalue weighted by molar-refractivity contribution is -0.0472. The van der Waals surface area contributed by atoms with E-state index in [1.54, 1.807) is 0 Å². The van der Waals surface area contributed by atoms with E-state index in [9.17, 15) is 0 Å². The molecule has 16 heavy (non-hydrogen) atoms. The zero-order valence-electron chi connectivity index (χ0n) is 9.72. The third-order valence-corrected chi connectivity index (χ3v) is 3.22. The lowest BCUT2D eigenvalue weighted by atomic mass is 10.1. The summed E-state index contributed by atoms with van der Waals surface area (Å²) in [7, 11) is 0. The van der Waals surface area contributed by atoms with Gasteiger partial charge < -0.3 is 9.64 Å². The highest BCUT2D eigenvalue weighted by molar-refractivity contribution is 7.80. The third kappa shape index (κ3) is 2.60. The maximum Gasteiger partial charge on any atom is 0.109 e. The number of hydrogen-bond acceptors (Lipinski definition) is 2. The fourth-order valence-electron chi connectivity index (χ4n) is 2.11. The summed E-state index contributed by atoms with van der Waals surface area (Å²) >= 11 is 5.52. The second-order valence-corrected chi connectivity index (χ2v) is 4.72. The topological polar surface area (TPSA) is 12.5 Å². The summed E-state index contributed by atoms with van der Waals surface area (Å²) < 4.78 is 5.70. The molecule has 0 unspecified atom stereocenters. The number of rotatable bonds is 1. The van der Waals surface area contributed by atoms with Gasteiger partial charge >= 0.3 is 0 Å². The third-order valence-electron chi connectivity index (χ3n) is 2.73. The average molecular weight is 235 g/mol. The minimum absolute atomic E-state index is 0.255. The highest BCUT2D eigenvalue weighted by Crippen LogP contribution is 2.14. The highest BCUT2D eigenvalue weighted by atomic mass is 32.1. The van der Waals surface area contributed by atoms with Gasteiger partial charge in [-0.2, -0.15) is 0 Å². The van der Waals surface area contributed by atoms with Crippen LogP contribution in [-0.4, -0.2) is 35.2 Å². The second kappa shape index (κ2) is 4.93. The average Bonchev–Trinajstić information content (AvgIpc) is 2.28. The zero-order valence-corrected chi connectivity index (χ0v) is 10.5. The molecule has 0 saturated carbocycles. The van der Waals surface area contributed by atoms with Crippen LogP contribution in [-0.2, 0) is 4.74 Å². The summed E-state index contributed by atoms with van der Waals surface area (Å²) in [5, 5.41) is 0.